The van der Waals surface area contributed by atoms with Gasteiger partial charge in [0.2, 0.25) is 10.0 Å². The highest BCUT2D eigenvalue weighted by Crippen LogP contribution is 2.40. The first-order valence-corrected chi connectivity index (χ1v) is 12.1. The van der Waals surface area contributed by atoms with E-state index in [4.69, 9.17) is 4.74 Å². The average molecular weight is 519 g/mol. The second-order valence-corrected chi connectivity index (χ2v) is 9.78. The van der Waals surface area contributed by atoms with Crippen LogP contribution in [0.25, 0.3) is 22.5 Å². The van der Waals surface area contributed by atoms with E-state index in [1.54, 1.807) is 19.2 Å². The van der Waals surface area contributed by atoms with Gasteiger partial charge in [-0.05, 0) is 45.6 Å². The molecule has 2 aromatic carbocycles. The SMILES string of the molecule is COc1c(Br)cc(-n2ccc(=O)[nH]c2=O)cc1-c1ccc2c(c1)CC=C2NNS(C)(=O)=O. The van der Waals surface area contributed by atoms with Crippen LogP contribution in [0.3, 0.4) is 0 Å². The lowest BCUT2D eigenvalue weighted by atomic mass is 9.98. The molecule has 166 valence electrons. The molecule has 0 radical (unpaired) electrons. The van der Waals surface area contributed by atoms with Crippen molar-refractivity contribution in [1.82, 2.24) is 19.8 Å². The predicted octanol–water partition coefficient (Wildman–Crippen LogP) is 1.91. The average Bonchev–Trinajstić information content (AvgIpc) is 3.13. The highest BCUT2D eigenvalue weighted by Gasteiger charge is 2.19. The lowest BCUT2D eigenvalue weighted by Gasteiger charge is -2.16. The fraction of sp³-hybridized carbons (Fsp3) is 0.143. The van der Waals surface area contributed by atoms with Gasteiger partial charge in [-0.15, -0.1) is 4.83 Å². The largest absolute Gasteiger partial charge is 0.495 e. The number of halogens is 1. The van der Waals surface area contributed by atoms with Gasteiger partial charge in [0.1, 0.15) is 5.75 Å². The lowest BCUT2D eigenvalue weighted by molar-refractivity contribution is 0.413. The minimum absolute atomic E-state index is 0.472. The minimum Gasteiger partial charge on any atom is -0.495 e. The molecule has 0 bridgehead atoms. The molecule has 0 fully saturated rings. The third-order valence-electron chi connectivity index (χ3n) is 4.94. The molecular formula is C21H19BrN4O5S. The maximum absolute atomic E-state index is 12.3. The molecule has 3 N–H and O–H groups in total. The summed E-state index contributed by atoms with van der Waals surface area (Å²) >= 11 is 3.51. The number of hydrogen-bond acceptors (Lipinski definition) is 6. The maximum atomic E-state index is 12.3. The summed E-state index contributed by atoms with van der Waals surface area (Å²) in [4.78, 5) is 28.2. The van der Waals surface area contributed by atoms with Gasteiger partial charge < -0.3 is 10.2 Å². The Bertz CT molecular complexity index is 1470. The summed E-state index contributed by atoms with van der Waals surface area (Å²) in [5.74, 6) is 0.592. The van der Waals surface area contributed by atoms with E-state index in [1.807, 2.05) is 24.3 Å². The fourth-order valence-electron chi connectivity index (χ4n) is 3.54. The van der Waals surface area contributed by atoms with Crippen molar-refractivity contribution < 1.29 is 13.2 Å². The number of H-pyrrole nitrogens is 1. The van der Waals surface area contributed by atoms with Crippen LogP contribution in [-0.4, -0.2) is 31.3 Å². The molecule has 0 spiro atoms. The first-order chi connectivity index (χ1) is 15.2. The second kappa shape index (κ2) is 8.41. The second-order valence-electron chi connectivity index (χ2n) is 7.18. The number of allylic oxidation sites excluding steroid dienone is 1. The molecule has 4 rings (SSSR count). The van der Waals surface area contributed by atoms with Crippen LogP contribution in [-0.2, 0) is 16.4 Å². The number of benzene rings is 2. The van der Waals surface area contributed by atoms with E-state index < -0.39 is 21.3 Å². The Labute approximate surface area is 191 Å². The normalized spacial score (nSPS) is 12.9. The molecule has 1 heterocycles. The van der Waals surface area contributed by atoms with Gasteiger partial charge in [0.15, 0.2) is 0 Å². The number of rotatable bonds is 6. The number of nitrogens with zero attached hydrogens (tertiary/aromatic N) is 1. The molecule has 11 heteroatoms. The zero-order chi connectivity index (χ0) is 23.0. The monoisotopic (exact) mass is 518 g/mol. The fourth-order valence-corrected chi connectivity index (χ4v) is 4.45. The number of methoxy groups -OCH3 is 1. The molecule has 1 aliphatic carbocycles. The van der Waals surface area contributed by atoms with Crippen LogP contribution in [0.1, 0.15) is 11.1 Å². The number of ether oxygens (including phenoxy) is 1. The van der Waals surface area contributed by atoms with Crippen LogP contribution in [0, 0.1) is 0 Å². The molecule has 1 aliphatic rings. The number of fused-ring (bicyclic) bond motifs is 1. The Morgan fingerprint density at radius 3 is 2.59 bits per heavy atom. The van der Waals surface area contributed by atoms with E-state index >= 15 is 0 Å². The predicted molar refractivity (Wildman–Crippen MR) is 125 cm³/mol. The molecule has 0 unspecified atom stereocenters. The Balaban J connectivity index is 1.76. The van der Waals surface area contributed by atoms with Crippen molar-refractivity contribution in [1.29, 1.82) is 0 Å². The zero-order valence-electron chi connectivity index (χ0n) is 17.1. The molecule has 9 nitrogen and oxygen atoms in total. The standard InChI is InChI=1S/C21H19BrN4O5S/c1-31-20-16(10-14(11-17(20)22)26-8-7-19(27)23-21(26)28)13-3-5-15-12(9-13)4-6-18(15)24-25-32(2,29)30/h3,5-11,24-25H,4H2,1-2H3,(H,23,27,28). The van der Waals surface area contributed by atoms with Crippen molar-refractivity contribution in [2.75, 3.05) is 13.4 Å². The van der Waals surface area contributed by atoms with Gasteiger partial charge in [-0.2, -0.15) is 0 Å². The summed E-state index contributed by atoms with van der Waals surface area (Å²) < 4.78 is 30.3. The highest BCUT2D eigenvalue weighted by molar-refractivity contribution is 9.10. The summed E-state index contributed by atoms with van der Waals surface area (Å²) in [6.07, 6.45) is 5.01. The Morgan fingerprint density at radius 1 is 1.12 bits per heavy atom. The van der Waals surface area contributed by atoms with Crippen molar-refractivity contribution in [3.63, 3.8) is 0 Å². The zero-order valence-corrected chi connectivity index (χ0v) is 19.5. The van der Waals surface area contributed by atoms with E-state index in [1.165, 1.54) is 16.8 Å². The molecule has 32 heavy (non-hydrogen) atoms. The van der Waals surface area contributed by atoms with Gasteiger partial charge in [0.25, 0.3) is 5.56 Å². The molecular weight excluding hydrogens is 500 g/mol. The molecule has 0 atom stereocenters. The van der Waals surface area contributed by atoms with Gasteiger partial charge in [-0.1, -0.05) is 24.3 Å². The van der Waals surface area contributed by atoms with Crippen molar-refractivity contribution in [2.45, 2.75) is 6.42 Å². The first kappa shape index (κ1) is 22.1. The lowest BCUT2D eigenvalue weighted by Crippen LogP contribution is -2.34. The molecule has 0 amide bonds. The van der Waals surface area contributed by atoms with E-state index in [-0.39, 0.29) is 0 Å². The molecule has 0 saturated carbocycles. The van der Waals surface area contributed by atoms with E-state index in [9.17, 15) is 18.0 Å². The third-order valence-corrected chi connectivity index (χ3v) is 6.00. The number of hydrogen-bond donors (Lipinski definition) is 3. The van der Waals surface area contributed by atoms with Gasteiger partial charge in [0, 0.05) is 23.4 Å². The van der Waals surface area contributed by atoms with Crippen LogP contribution >= 0.6 is 15.9 Å². The molecule has 0 saturated heterocycles. The van der Waals surface area contributed by atoms with Crippen molar-refractivity contribution in [2.24, 2.45) is 0 Å². The van der Waals surface area contributed by atoms with Gasteiger partial charge in [-0.25, -0.2) is 13.2 Å². The topological polar surface area (TPSA) is 122 Å². The number of sulfonamides is 1. The summed E-state index contributed by atoms with van der Waals surface area (Å²) in [6, 6.07) is 10.6. The minimum atomic E-state index is -3.39. The number of aromatic amines is 1. The quantitative estimate of drug-likeness (QED) is 0.428. The summed E-state index contributed by atoms with van der Waals surface area (Å²) in [5, 5.41) is 0. The molecule has 0 aliphatic heterocycles. The summed E-state index contributed by atoms with van der Waals surface area (Å²) in [5.41, 5.74) is 6.43. The number of aromatic nitrogens is 2. The smallest absolute Gasteiger partial charge is 0.332 e. The molecule has 3 aromatic rings. The Kier molecular flexibility index (Phi) is 5.80. The number of nitrogens with one attached hydrogen (secondary N) is 3. The summed E-state index contributed by atoms with van der Waals surface area (Å²) in [6.45, 7) is 0. The van der Waals surface area contributed by atoms with Gasteiger partial charge >= 0.3 is 5.69 Å². The van der Waals surface area contributed by atoms with Gasteiger partial charge in [-0.3, -0.25) is 14.3 Å². The number of hydrazine groups is 1. The van der Waals surface area contributed by atoms with Crippen LogP contribution in [0.4, 0.5) is 0 Å². The Hall–Kier alpha value is -3.15. The molecule has 1 aromatic heterocycles. The highest BCUT2D eigenvalue weighted by atomic mass is 79.9. The first-order valence-electron chi connectivity index (χ1n) is 9.43. The van der Waals surface area contributed by atoms with Crippen LogP contribution < -0.4 is 26.2 Å². The van der Waals surface area contributed by atoms with E-state index in [2.05, 4.69) is 31.2 Å². The van der Waals surface area contributed by atoms with Gasteiger partial charge in [0.05, 0.1) is 29.2 Å². The third kappa shape index (κ3) is 4.40. The van der Waals surface area contributed by atoms with Crippen molar-refractivity contribution in [3.05, 3.63) is 85.1 Å². The van der Waals surface area contributed by atoms with E-state index in [0.717, 1.165) is 28.5 Å². The Morgan fingerprint density at radius 2 is 1.91 bits per heavy atom. The van der Waals surface area contributed by atoms with E-state index in [0.29, 0.717) is 28.0 Å². The van der Waals surface area contributed by atoms with Crippen molar-refractivity contribution >= 4 is 31.7 Å². The van der Waals surface area contributed by atoms with Crippen LogP contribution in [0.2, 0.25) is 0 Å². The van der Waals surface area contributed by atoms with Crippen LogP contribution in [0.15, 0.2) is 62.7 Å². The van der Waals surface area contributed by atoms with Crippen molar-refractivity contribution in [3.8, 4) is 22.6 Å². The maximum Gasteiger partial charge on any atom is 0.332 e. The van der Waals surface area contributed by atoms with Crippen LogP contribution in [0.5, 0.6) is 5.75 Å². The summed E-state index contributed by atoms with van der Waals surface area (Å²) in [7, 11) is -1.83.